The first-order valence-electron chi connectivity index (χ1n) is 15.6. The molecule has 50 heavy (non-hydrogen) atoms. The van der Waals surface area contributed by atoms with Crippen molar-refractivity contribution < 1.29 is 23.9 Å². The maximum Gasteiger partial charge on any atom is 0.315 e. The summed E-state index contributed by atoms with van der Waals surface area (Å²) in [4.78, 5) is 37.9. The Balaban J connectivity index is 0.000000240. The summed E-state index contributed by atoms with van der Waals surface area (Å²) >= 11 is 10.2. The van der Waals surface area contributed by atoms with Crippen molar-refractivity contribution in [3.8, 4) is 17.2 Å². The van der Waals surface area contributed by atoms with Crippen molar-refractivity contribution in [3.63, 3.8) is 0 Å². The average Bonchev–Trinajstić information content (AvgIpc) is 3.12. The highest BCUT2D eigenvalue weighted by molar-refractivity contribution is 9.11. The molecule has 0 radical (unpaired) electrons. The summed E-state index contributed by atoms with van der Waals surface area (Å²) in [5.74, 6) is 1.01. The van der Waals surface area contributed by atoms with Crippen LogP contribution in [0.2, 0.25) is 0 Å². The van der Waals surface area contributed by atoms with Gasteiger partial charge in [-0.2, -0.15) is 0 Å². The number of carbonyl (C=O) groups excluding carboxylic acids is 3. The summed E-state index contributed by atoms with van der Waals surface area (Å²) in [5.41, 5.74) is 3.72. The minimum Gasteiger partial charge on any atom is -0.456 e. The molecule has 0 aromatic heterocycles. The summed E-state index contributed by atoms with van der Waals surface area (Å²) < 4.78 is 13.9. The van der Waals surface area contributed by atoms with E-state index in [1.54, 1.807) is 36.4 Å². The molecule has 0 atom stereocenters. The Morgan fingerprint density at radius 1 is 0.440 bits per heavy atom. The minimum absolute atomic E-state index is 0.0632. The highest BCUT2D eigenvalue weighted by Crippen LogP contribution is 2.33. The van der Waals surface area contributed by atoms with Crippen LogP contribution in [0.1, 0.15) is 37.4 Å². The zero-order valence-electron chi connectivity index (χ0n) is 26.7. The Kier molecular flexibility index (Phi) is 13.5. The van der Waals surface area contributed by atoms with Gasteiger partial charge in [0.15, 0.2) is 11.6 Å². The molecule has 0 saturated carbocycles. The molecule has 0 saturated heterocycles. The Hall–Kier alpha value is -4.63. The van der Waals surface area contributed by atoms with Crippen molar-refractivity contribution >= 4 is 65.3 Å². The fraction of sp³-hybridized carbons (Fsp3) is 0.0714. The van der Waals surface area contributed by atoms with E-state index in [2.05, 4.69) is 47.8 Å². The molecule has 0 fully saturated rings. The van der Waals surface area contributed by atoms with Crippen LogP contribution in [0.25, 0.3) is 0 Å². The Morgan fingerprint density at radius 2 is 0.820 bits per heavy atom. The van der Waals surface area contributed by atoms with Crippen LogP contribution in [0.15, 0.2) is 165 Å². The second-order valence-electron chi connectivity index (χ2n) is 11.1. The predicted molar refractivity (Wildman–Crippen MR) is 207 cm³/mol. The molecule has 0 aliphatic carbocycles. The predicted octanol–water partition coefficient (Wildman–Crippen LogP) is 11.5. The van der Waals surface area contributed by atoms with Crippen LogP contribution in [0.3, 0.4) is 0 Å². The lowest BCUT2D eigenvalue weighted by Gasteiger charge is -2.14. The van der Waals surface area contributed by atoms with Crippen LogP contribution in [-0.4, -0.2) is 17.5 Å². The van der Waals surface area contributed by atoms with Gasteiger partial charge in [0.2, 0.25) is 0 Å². The van der Waals surface area contributed by atoms with Crippen LogP contribution >= 0.6 is 47.8 Å². The molecule has 5 nitrogen and oxygen atoms in total. The van der Waals surface area contributed by atoms with E-state index < -0.39 is 0 Å². The molecule has 250 valence electrons. The van der Waals surface area contributed by atoms with Gasteiger partial charge in [0.05, 0.1) is 17.5 Å². The summed E-state index contributed by atoms with van der Waals surface area (Å²) in [5, 5.41) is 0. The molecule has 6 aromatic carbocycles. The number of benzene rings is 6. The highest BCUT2D eigenvalue weighted by Gasteiger charge is 2.19. The Morgan fingerprint density at radius 3 is 1.24 bits per heavy atom. The maximum atomic E-state index is 13.1. The van der Waals surface area contributed by atoms with E-state index in [0.717, 1.165) is 30.1 Å². The molecule has 8 heteroatoms. The molecule has 0 heterocycles. The summed E-state index contributed by atoms with van der Waals surface area (Å²) in [6, 6.07) is 46.5. The van der Waals surface area contributed by atoms with Gasteiger partial charge in [0, 0.05) is 26.3 Å². The van der Waals surface area contributed by atoms with Crippen LogP contribution < -0.4 is 9.47 Å². The van der Waals surface area contributed by atoms with Crippen molar-refractivity contribution in [1.29, 1.82) is 0 Å². The van der Waals surface area contributed by atoms with E-state index in [-0.39, 0.29) is 36.8 Å². The van der Waals surface area contributed by atoms with E-state index >= 15 is 0 Å². The van der Waals surface area contributed by atoms with E-state index in [1.807, 2.05) is 115 Å². The van der Waals surface area contributed by atoms with Gasteiger partial charge in [-0.1, -0.05) is 139 Å². The van der Waals surface area contributed by atoms with Gasteiger partial charge in [0.1, 0.15) is 17.2 Å². The van der Waals surface area contributed by atoms with Gasteiger partial charge in [0.25, 0.3) is 0 Å². The van der Waals surface area contributed by atoms with E-state index in [1.165, 1.54) is 0 Å². The van der Waals surface area contributed by atoms with Gasteiger partial charge in [-0.25, -0.2) is 0 Å². The van der Waals surface area contributed by atoms with Gasteiger partial charge >= 0.3 is 5.97 Å². The Labute approximate surface area is 316 Å². The van der Waals surface area contributed by atoms with Crippen LogP contribution in [0, 0.1) is 0 Å². The minimum atomic E-state index is -0.251. The molecule has 0 unspecified atom stereocenters. The third-order valence-electron chi connectivity index (χ3n) is 7.36. The third-order valence-corrected chi connectivity index (χ3v) is 8.87. The monoisotopic (exact) mass is 852 g/mol. The van der Waals surface area contributed by atoms with Crippen molar-refractivity contribution in [2.75, 3.05) is 0 Å². The Bertz CT molecular complexity index is 1950. The number of ketones is 2. The smallest absolute Gasteiger partial charge is 0.315 e. The van der Waals surface area contributed by atoms with Crippen molar-refractivity contribution in [3.05, 3.63) is 193 Å². The number of rotatable bonds is 11. The van der Waals surface area contributed by atoms with E-state index in [0.29, 0.717) is 28.4 Å². The fourth-order valence-corrected chi connectivity index (χ4v) is 5.91. The van der Waals surface area contributed by atoms with Gasteiger partial charge in [-0.05, 0) is 77.4 Å². The number of carbonyl (C=O) groups is 3. The first-order chi connectivity index (χ1) is 24.2. The van der Waals surface area contributed by atoms with Crippen molar-refractivity contribution in [1.82, 2.24) is 0 Å². The fourth-order valence-electron chi connectivity index (χ4n) is 4.92. The zero-order chi connectivity index (χ0) is 35.3. The topological polar surface area (TPSA) is 69.7 Å². The summed E-state index contributed by atoms with van der Waals surface area (Å²) in [7, 11) is 0. The second kappa shape index (κ2) is 18.4. The molecular formula is C42H31Br3O5. The number of halogens is 3. The number of hydrogen-bond acceptors (Lipinski definition) is 5. The van der Waals surface area contributed by atoms with Gasteiger partial charge in [-0.3, -0.25) is 14.4 Å². The van der Waals surface area contributed by atoms with Gasteiger partial charge < -0.3 is 9.47 Å². The standard InChI is InChI=1S/C28H20Br2O3.C14H11BrO2/c29-21-11-13-27(23(17-21)25(31)15-19-7-3-1-4-8-19)33-28-14-12-22(30)18-24(28)26(32)16-20-9-5-2-6-10-20;15-12-6-8-13(9-7-12)17-14(16)10-11-4-2-1-3-5-11/h1-14,17-18H,15-16H2;1-9H,10H2. The average molecular weight is 855 g/mol. The summed E-state index contributed by atoms with van der Waals surface area (Å²) in [6.07, 6.45) is 0.804. The third kappa shape index (κ3) is 11.2. The lowest BCUT2D eigenvalue weighted by molar-refractivity contribution is -0.133. The SMILES string of the molecule is O=C(Cc1ccccc1)Oc1ccc(Br)cc1.O=C(Cc1ccccc1)c1cc(Br)ccc1Oc1ccc(Br)cc1C(=O)Cc1ccccc1. The van der Waals surface area contributed by atoms with Crippen LogP contribution in [0.5, 0.6) is 17.2 Å². The maximum absolute atomic E-state index is 13.1. The molecule has 0 amide bonds. The van der Waals surface area contributed by atoms with Gasteiger partial charge in [-0.15, -0.1) is 0 Å². The number of ether oxygens (including phenoxy) is 2. The zero-order valence-corrected chi connectivity index (χ0v) is 31.5. The molecular weight excluding hydrogens is 824 g/mol. The lowest BCUT2D eigenvalue weighted by atomic mass is 10.0. The molecule has 0 aliphatic rings. The molecule has 0 aliphatic heterocycles. The highest BCUT2D eigenvalue weighted by atomic mass is 79.9. The van der Waals surface area contributed by atoms with Crippen molar-refractivity contribution in [2.45, 2.75) is 19.3 Å². The van der Waals surface area contributed by atoms with Crippen LogP contribution in [-0.2, 0) is 24.1 Å². The molecule has 6 aromatic rings. The van der Waals surface area contributed by atoms with E-state index in [9.17, 15) is 14.4 Å². The molecule has 0 N–H and O–H groups in total. The molecule has 0 bridgehead atoms. The van der Waals surface area contributed by atoms with Crippen molar-refractivity contribution in [2.24, 2.45) is 0 Å². The lowest BCUT2D eigenvalue weighted by Crippen LogP contribution is -2.10. The largest absolute Gasteiger partial charge is 0.456 e. The number of esters is 1. The number of Topliss-reactive ketones (excluding diaryl/α,β-unsaturated/α-hetero) is 2. The molecule has 0 spiro atoms. The second-order valence-corrected chi connectivity index (χ2v) is 13.9. The van der Waals surface area contributed by atoms with Crippen LogP contribution in [0.4, 0.5) is 0 Å². The normalized spacial score (nSPS) is 10.4. The first kappa shape index (κ1) is 36.6. The summed E-state index contributed by atoms with van der Waals surface area (Å²) in [6.45, 7) is 0. The quantitative estimate of drug-likeness (QED) is 0.0738. The van der Waals surface area contributed by atoms with E-state index in [4.69, 9.17) is 9.47 Å². The molecule has 6 rings (SSSR count). The number of hydrogen-bond donors (Lipinski definition) is 0. The first-order valence-corrected chi connectivity index (χ1v) is 18.0.